The molecule has 2 aliphatic heterocycles. The molecule has 2 bridgehead atoms. The maximum Gasteiger partial charge on any atom is 0.410 e. The Morgan fingerprint density at radius 3 is 2.26 bits per heavy atom. The van der Waals surface area contributed by atoms with Crippen LogP contribution in [0.5, 0.6) is 0 Å². The van der Waals surface area contributed by atoms with Gasteiger partial charge in [0.25, 0.3) is 11.8 Å². The van der Waals surface area contributed by atoms with E-state index in [0.717, 1.165) is 12.8 Å². The van der Waals surface area contributed by atoms with E-state index in [2.05, 4.69) is 0 Å². The molecule has 0 radical (unpaired) electrons. The van der Waals surface area contributed by atoms with E-state index in [9.17, 15) is 14.4 Å². The molecule has 1 aromatic carbocycles. The number of amides is 3. The Morgan fingerprint density at radius 2 is 1.67 bits per heavy atom. The second kappa shape index (κ2) is 5.33. The van der Waals surface area contributed by atoms with Crippen molar-refractivity contribution in [2.24, 2.45) is 17.8 Å². The Kier molecular flexibility index (Phi) is 3.31. The van der Waals surface area contributed by atoms with Gasteiger partial charge in [0.15, 0.2) is 0 Å². The number of nitrogens with zero attached hydrogens (tertiary/aromatic N) is 2. The molecule has 4 aliphatic rings. The highest BCUT2D eigenvalue weighted by Gasteiger charge is 2.66. The van der Waals surface area contributed by atoms with Crippen molar-refractivity contribution < 1.29 is 19.1 Å². The van der Waals surface area contributed by atoms with Crippen molar-refractivity contribution in [1.82, 2.24) is 9.80 Å². The number of imide groups is 1. The summed E-state index contributed by atoms with van der Waals surface area (Å²) >= 11 is 0. The van der Waals surface area contributed by atoms with Crippen LogP contribution in [0.1, 0.15) is 54.3 Å². The molecule has 6 nitrogen and oxygen atoms in total. The van der Waals surface area contributed by atoms with E-state index in [1.807, 2.05) is 25.7 Å². The molecule has 5 rings (SSSR count). The predicted molar refractivity (Wildman–Crippen MR) is 97.2 cm³/mol. The lowest BCUT2D eigenvalue weighted by atomic mass is 9.96. The van der Waals surface area contributed by atoms with Gasteiger partial charge in [0.1, 0.15) is 5.60 Å². The number of hydrogen-bond donors (Lipinski definition) is 0. The quantitative estimate of drug-likeness (QED) is 0.753. The van der Waals surface area contributed by atoms with Gasteiger partial charge in [0.05, 0.1) is 23.7 Å². The van der Waals surface area contributed by atoms with Crippen LogP contribution in [0.4, 0.5) is 4.79 Å². The van der Waals surface area contributed by atoms with Gasteiger partial charge < -0.3 is 4.74 Å². The Labute approximate surface area is 158 Å². The first kappa shape index (κ1) is 16.8. The summed E-state index contributed by atoms with van der Waals surface area (Å²) in [7, 11) is 0. The first-order valence-electron chi connectivity index (χ1n) is 9.73. The van der Waals surface area contributed by atoms with Crippen LogP contribution in [0.3, 0.4) is 0 Å². The molecule has 6 heteroatoms. The third-order valence-electron chi connectivity index (χ3n) is 6.51. The minimum absolute atomic E-state index is 0.143. The average Bonchev–Trinajstić information content (AvgIpc) is 3.15. The van der Waals surface area contributed by atoms with Crippen molar-refractivity contribution in [3.05, 3.63) is 35.4 Å². The Balaban J connectivity index is 1.41. The van der Waals surface area contributed by atoms with Crippen LogP contribution in [-0.4, -0.2) is 51.9 Å². The number of piperidine rings is 1. The molecule has 27 heavy (non-hydrogen) atoms. The number of carbonyl (C=O) groups is 3. The van der Waals surface area contributed by atoms with E-state index < -0.39 is 5.60 Å². The molecule has 1 saturated heterocycles. The summed E-state index contributed by atoms with van der Waals surface area (Å²) in [6.45, 7) is 5.84. The van der Waals surface area contributed by atoms with Crippen LogP contribution in [-0.2, 0) is 4.74 Å². The van der Waals surface area contributed by atoms with Gasteiger partial charge in [-0.25, -0.2) is 4.79 Å². The lowest BCUT2D eigenvalue weighted by molar-refractivity contribution is 0.00185. The zero-order valence-electron chi connectivity index (χ0n) is 15.8. The molecule has 0 N–H and O–H groups in total. The zero-order valence-corrected chi connectivity index (χ0v) is 15.8. The fraction of sp³-hybridized carbons (Fsp3) is 0.571. The van der Waals surface area contributed by atoms with E-state index in [-0.39, 0.29) is 36.5 Å². The monoisotopic (exact) mass is 368 g/mol. The third-order valence-corrected chi connectivity index (χ3v) is 6.51. The molecule has 0 spiro atoms. The number of likely N-dealkylation sites (tertiary alicyclic amines) is 1. The third kappa shape index (κ3) is 2.42. The van der Waals surface area contributed by atoms with Crippen LogP contribution >= 0.6 is 0 Å². The molecular formula is C21H24N2O4. The average molecular weight is 368 g/mol. The molecule has 142 valence electrons. The SMILES string of the molecule is CC(C)(C)OC(=O)N1[C@H](CN2C(=O)c3ccccc3C2=O)[C@@H]2C[C@H]1[C@H]1C[C@@H]21. The van der Waals surface area contributed by atoms with Gasteiger partial charge in [-0.3, -0.25) is 19.4 Å². The smallest absolute Gasteiger partial charge is 0.410 e. The number of fused-ring (bicyclic) bond motifs is 6. The summed E-state index contributed by atoms with van der Waals surface area (Å²) in [5.41, 5.74) is 0.347. The normalized spacial score (nSPS) is 33.4. The predicted octanol–water partition coefficient (Wildman–Crippen LogP) is 2.93. The van der Waals surface area contributed by atoms with Gasteiger partial charge >= 0.3 is 6.09 Å². The summed E-state index contributed by atoms with van der Waals surface area (Å²) < 4.78 is 5.65. The van der Waals surface area contributed by atoms with Crippen molar-refractivity contribution in [3.63, 3.8) is 0 Å². The van der Waals surface area contributed by atoms with Crippen LogP contribution in [0.2, 0.25) is 0 Å². The van der Waals surface area contributed by atoms with Crippen molar-refractivity contribution in [2.75, 3.05) is 6.54 Å². The van der Waals surface area contributed by atoms with Gasteiger partial charge in [-0.05, 0) is 63.5 Å². The summed E-state index contributed by atoms with van der Waals surface area (Å²) in [5.74, 6) is 1.05. The van der Waals surface area contributed by atoms with Crippen LogP contribution < -0.4 is 0 Å². The Hall–Kier alpha value is -2.37. The Morgan fingerprint density at radius 1 is 1.04 bits per heavy atom. The van der Waals surface area contributed by atoms with E-state index in [4.69, 9.17) is 4.74 Å². The summed E-state index contributed by atoms with van der Waals surface area (Å²) in [6, 6.07) is 6.98. The molecule has 2 heterocycles. The van der Waals surface area contributed by atoms with Crippen LogP contribution in [0, 0.1) is 17.8 Å². The maximum atomic E-state index is 12.9. The standard InChI is InChI=1S/C21H24N2O4/c1-21(2,3)27-20(26)23-16-9-15(13-8-14(13)16)17(23)10-22-18(24)11-6-4-5-7-12(11)19(22)25/h4-7,13-17H,8-10H2,1-3H3/t13-,14+,15-,16+,17-/m1/s1. The summed E-state index contributed by atoms with van der Waals surface area (Å²) in [6.07, 6.45) is 1.79. The molecular weight excluding hydrogens is 344 g/mol. The van der Waals surface area contributed by atoms with Crippen molar-refractivity contribution >= 4 is 17.9 Å². The van der Waals surface area contributed by atoms with Crippen molar-refractivity contribution in [3.8, 4) is 0 Å². The molecule has 2 aliphatic carbocycles. The molecule has 0 unspecified atom stereocenters. The fourth-order valence-corrected chi connectivity index (χ4v) is 5.41. The molecule has 3 fully saturated rings. The van der Waals surface area contributed by atoms with Gasteiger partial charge in [-0.15, -0.1) is 0 Å². The molecule has 1 aromatic rings. The van der Waals surface area contributed by atoms with E-state index in [1.165, 1.54) is 4.90 Å². The number of rotatable bonds is 2. The van der Waals surface area contributed by atoms with Gasteiger partial charge in [-0.1, -0.05) is 12.1 Å². The number of ether oxygens (including phenoxy) is 1. The Bertz CT molecular complexity index is 823. The van der Waals surface area contributed by atoms with E-state index in [0.29, 0.717) is 28.9 Å². The van der Waals surface area contributed by atoms with E-state index >= 15 is 0 Å². The molecule has 0 aromatic heterocycles. The first-order valence-corrected chi connectivity index (χ1v) is 9.73. The van der Waals surface area contributed by atoms with Gasteiger partial charge in [-0.2, -0.15) is 0 Å². The lowest BCUT2D eigenvalue weighted by Gasteiger charge is -2.37. The minimum atomic E-state index is -0.568. The second-order valence-electron chi connectivity index (χ2n) is 9.25. The molecule has 3 amide bonds. The second-order valence-corrected chi connectivity index (χ2v) is 9.25. The first-order chi connectivity index (χ1) is 12.8. The largest absolute Gasteiger partial charge is 0.444 e. The van der Waals surface area contributed by atoms with E-state index in [1.54, 1.807) is 24.3 Å². The lowest BCUT2D eigenvalue weighted by Crippen LogP contribution is -2.53. The van der Waals surface area contributed by atoms with Crippen LogP contribution in [0.25, 0.3) is 0 Å². The fourth-order valence-electron chi connectivity index (χ4n) is 5.41. The van der Waals surface area contributed by atoms with Gasteiger partial charge in [0, 0.05) is 6.04 Å². The van der Waals surface area contributed by atoms with Gasteiger partial charge in [0.2, 0.25) is 0 Å². The molecule has 5 atom stereocenters. The highest BCUT2D eigenvalue weighted by molar-refractivity contribution is 6.21. The summed E-state index contributed by atoms with van der Waals surface area (Å²) in [5, 5.41) is 0. The van der Waals surface area contributed by atoms with Crippen molar-refractivity contribution in [1.29, 1.82) is 0 Å². The van der Waals surface area contributed by atoms with Crippen LogP contribution in [0.15, 0.2) is 24.3 Å². The highest BCUT2D eigenvalue weighted by Crippen LogP contribution is 2.63. The number of carbonyl (C=O) groups excluding carboxylic acids is 3. The highest BCUT2D eigenvalue weighted by atomic mass is 16.6. The summed E-state index contributed by atoms with van der Waals surface area (Å²) in [4.78, 5) is 41.6. The molecule has 2 saturated carbocycles. The number of benzene rings is 1. The minimum Gasteiger partial charge on any atom is -0.444 e. The topological polar surface area (TPSA) is 66.9 Å². The zero-order chi connectivity index (χ0) is 19.1. The maximum absolute atomic E-state index is 12.9. The number of hydrogen-bond acceptors (Lipinski definition) is 4. The van der Waals surface area contributed by atoms with Crippen molar-refractivity contribution in [2.45, 2.75) is 51.3 Å².